The molecule has 0 bridgehead atoms. The number of carbonyl (C=O) groups is 3. The summed E-state index contributed by atoms with van der Waals surface area (Å²) in [7, 11) is 0. The van der Waals surface area contributed by atoms with Crippen molar-refractivity contribution in [2.24, 2.45) is 0 Å². The van der Waals surface area contributed by atoms with E-state index in [-0.39, 0.29) is 12.5 Å². The SMILES string of the molecule is O=C(COC(=O)CNC(=O)c1cccs1)Nc1ccccc1. The molecule has 2 rings (SSSR count). The predicted molar refractivity (Wildman–Crippen MR) is 82.7 cm³/mol. The van der Waals surface area contributed by atoms with Gasteiger partial charge in [-0.15, -0.1) is 11.3 Å². The highest BCUT2D eigenvalue weighted by Gasteiger charge is 2.11. The molecule has 2 aromatic rings. The lowest BCUT2D eigenvalue weighted by molar-refractivity contribution is -0.146. The second-order valence-corrected chi connectivity index (χ2v) is 5.18. The molecule has 0 atom stereocenters. The van der Waals surface area contributed by atoms with Gasteiger partial charge in [0.25, 0.3) is 11.8 Å². The largest absolute Gasteiger partial charge is 0.454 e. The molecule has 0 saturated heterocycles. The highest BCUT2D eigenvalue weighted by atomic mass is 32.1. The van der Waals surface area contributed by atoms with Crippen molar-refractivity contribution < 1.29 is 19.1 Å². The molecule has 0 saturated carbocycles. The second kappa shape index (κ2) is 7.94. The number of carbonyl (C=O) groups excluding carboxylic acids is 3. The third-order valence-corrected chi connectivity index (χ3v) is 3.43. The van der Waals surface area contributed by atoms with Gasteiger partial charge >= 0.3 is 5.97 Å². The number of amides is 2. The minimum Gasteiger partial charge on any atom is -0.454 e. The zero-order valence-corrected chi connectivity index (χ0v) is 12.4. The molecule has 2 N–H and O–H groups in total. The first-order chi connectivity index (χ1) is 10.6. The molecule has 0 fully saturated rings. The summed E-state index contributed by atoms with van der Waals surface area (Å²) < 4.78 is 4.78. The lowest BCUT2D eigenvalue weighted by atomic mass is 10.3. The number of anilines is 1. The summed E-state index contributed by atoms with van der Waals surface area (Å²) in [6.07, 6.45) is 0. The fourth-order valence-electron chi connectivity index (χ4n) is 1.56. The van der Waals surface area contributed by atoms with Gasteiger partial charge in [-0.3, -0.25) is 14.4 Å². The highest BCUT2D eigenvalue weighted by molar-refractivity contribution is 7.12. The number of benzene rings is 1. The van der Waals surface area contributed by atoms with Gasteiger partial charge in [-0.25, -0.2) is 0 Å². The van der Waals surface area contributed by atoms with E-state index in [4.69, 9.17) is 4.74 Å². The quantitative estimate of drug-likeness (QED) is 0.793. The molecule has 114 valence electrons. The van der Waals surface area contributed by atoms with Crippen molar-refractivity contribution in [1.82, 2.24) is 5.32 Å². The van der Waals surface area contributed by atoms with Gasteiger partial charge in [0, 0.05) is 5.69 Å². The molecule has 0 aliphatic heterocycles. The van der Waals surface area contributed by atoms with E-state index in [0.717, 1.165) is 0 Å². The zero-order valence-electron chi connectivity index (χ0n) is 11.6. The zero-order chi connectivity index (χ0) is 15.8. The molecule has 0 spiro atoms. The molecule has 0 aliphatic rings. The molecule has 1 heterocycles. The summed E-state index contributed by atoms with van der Waals surface area (Å²) in [4.78, 5) is 35.1. The van der Waals surface area contributed by atoms with Gasteiger partial charge in [0.15, 0.2) is 6.61 Å². The van der Waals surface area contributed by atoms with Crippen LogP contribution in [0.4, 0.5) is 5.69 Å². The maximum Gasteiger partial charge on any atom is 0.325 e. The fourth-order valence-corrected chi connectivity index (χ4v) is 2.20. The van der Waals surface area contributed by atoms with Crippen LogP contribution in [0.25, 0.3) is 0 Å². The molecule has 22 heavy (non-hydrogen) atoms. The molecule has 1 aromatic heterocycles. The molecule has 1 aromatic carbocycles. The number of hydrogen-bond donors (Lipinski definition) is 2. The average Bonchev–Trinajstić information content (AvgIpc) is 3.06. The maximum absolute atomic E-state index is 11.6. The number of esters is 1. The average molecular weight is 318 g/mol. The van der Waals surface area contributed by atoms with Crippen LogP contribution in [0.2, 0.25) is 0 Å². The molecule has 0 aliphatic carbocycles. The number of hydrogen-bond acceptors (Lipinski definition) is 5. The lowest BCUT2D eigenvalue weighted by Crippen LogP contribution is -2.31. The first kappa shape index (κ1) is 15.7. The van der Waals surface area contributed by atoms with E-state index in [2.05, 4.69) is 10.6 Å². The Bertz CT molecular complexity index is 641. The molecule has 2 amide bonds. The Kier molecular flexibility index (Phi) is 5.67. The normalized spacial score (nSPS) is 9.82. The number of para-hydroxylation sites is 1. The summed E-state index contributed by atoms with van der Waals surface area (Å²) in [5, 5.41) is 6.77. The van der Waals surface area contributed by atoms with Crippen LogP contribution in [0, 0.1) is 0 Å². The van der Waals surface area contributed by atoms with E-state index in [1.54, 1.807) is 41.8 Å². The van der Waals surface area contributed by atoms with E-state index >= 15 is 0 Å². The van der Waals surface area contributed by atoms with Crippen LogP contribution in [0.5, 0.6) is 0 Å². The summed E-state index contributed by atoms with van der Waals surface area (Å²) in [6, 6.07) is 12.2. The van der Waals surface area contributed by atoms with Gasteiger partial charge in [0.1, 0.15) is 6.54 Å². The summed E-state index contributed by atoms with van der Waals surface area (Å²) >= 11 is 1.27. The molecule has 7 heteroatoms. The lowest BCUT2D eigenvalue weighted by Gasteiger charge is -2.07. The minimum absolute atomic E-state index is 0.282. The van der Waals surface area contributed by atoms with Gasteiger partial charge in [-0.05, 0) is 23.6 Å². The van der Waals surface area contributed by atoms with Crippen LogP contribution in [-0.4, -0.2) is 30.9 Å². The third-order valence-electron chi connectivity index (χ3n) is 2.56. The van der Waals surface area contributed by atoms with Crippen LogP contribution in [-0.2, 0) is 14.3 Å². The minimum atomic E-state index is -0.673. The molecule has 0 radical (unpaired) electrons. The predicted octanol–water partition coefficient (Wildman–Crippen LogP) is 1.66. The Morgan fingerprint density at radius 2 is 1.82 bits per heavy atom. The van der Waals surface area contributed by atoms with E-state index in [1.807, 2.05) is 6.07 Å². The monoisotopic (exact) mass is 318 g/mol. The van der Waals surface area contributed by atoms with Crippen LogP contribution in [0.1, 0.15) is 9.67 Å². The van der Waals surface area contributed by atoms with Gasteiger partial charge < -0.3 is 15.4 Å². The Hall–Kier alpha value is -2.67. The van der Waals surface area contributed by atoms with E-state index in [0.29, 0.717) is 10.6 Å². The van der Waals surface area contributed by atoms with Gasteiger partial charge in [-0.1, -0.05) is 24.3 Å². The fraction of sp³-hybridized carbons (Fsp3) is 0.133. The van der Waals surface area contributed by atoms with Crippen molar-refractivity contribution in [3.63, 3.8) is 0 Å². The Labute approximate surface area is 131 Å². The van der Waals surface area contributed by atoms with Crippen molar-refractivity contribution in [1.29, 1.82) is 0 Å². The maximum atomic E-state index is 11.6. The van der Waals surface area contributed by atoms with E-state index in [1.165, 1.54) is 11.3 Å². The first-order valence-electron chi connectivity index (χ1n) is 6.47. The van der Waals surface area contributed by atoms with E-state index < -0.39 is 18.5 Å². The van der Waals surface area contributed by atoms with Crippen molar-refractivity contribution in [3.05, 3.63) is 52.7 Å². The topological polar surface area (TPSA) is 84.5 Å². The molecular weight excluding hydrogens is 304 g/mol. The molecule has 6 nitrogen and oxygen atoms in total. The number of ether oxygens (including phenoxy) is 1. The van der Waals surface area contributed by atoms with Crippen LogP contribution >= 0.6 is 11.3 Å². The van der Waals surface area contributed by atoms with E-state index in [9.17, 15) is 14.4 Å². The van der Waals surface area contributed by atoms with Crippen LogP contribution in [0.3, 0.4) is 0 Å². The van der Waals surface area contributed by atoms with Crippen molar-refractivity contribution >= 4 is 34.8 Å². The van der Waals surface area contributed by atoms with Gasteiger partial charge in [0.2, 0.25) is 0 Å². The summed E-state index contributed by atoms with van der Waals surface area (Å²) in [6.45, 7) is -0.683. The number of thiophene rings is 1. The highest BCUT2D eigenvalue weighted by Crippen LogP contribution is 2.07. The Morgan fingerprint density at radius 1 is 1.05 bits per heavy atom. The van der Waals surface area contributed by atoms with Crippen molar-refractivity contribution in [3.8, 4) is 0 Å². The number of rotatable bonds is 6. The standard InChI is InChI=1S/C15H14N2O4S/c18-13(17-11-5-2-1-3-6-11)10-21-14(19)9-16-15(20)12-7-4-8-22-12/h1-8H,9-10H2,(H,16,20)(H,17,18). The molecular formula is C15H14N2O4S. The van der Waals surface area contributed by atoms with Crippen LogP contribution in [0.15, 0.2) is 47.8 Å². The summed E-state index contributed by atoms with van der Waals surface area (Å²) in [5.41, 5.74) is 0.620. The van der Waals surface area contributed by atoms with Crippen molar-refractivity contribution in [2.75, 3.05) is 18.5 Å². The second-order valence-electron chi connectivity index (χ2n) is 4.23. The summed E-state index contributed by atoms with van der Waals surface area (Å²) in [5.74, 6) is -1.46. The van der Waals surface area contributed by atoms with Gasteiger partial charge in [0.05, 0.1) is 4.88 Å². The smallest absolute Gasteiger partial charge is 0.325 e. The first-order valence-corrected chi connectivity index (χ1v) is 7.35. The third kappa shape index (κ3) is 5.02. The Morgan fingerprint density at radius 3 is 2.50 bits per heavy atom. The Balaban J connectivity index is 1.67. The molecule has 0 unspecified atom stereocenters. The van der Waals surface area contributed by atoms with Gasteiger partial charge in [-0.2, -0.15) is 0 Å². The number of nitrogens with one attached hydrogen (secondary N) is 2. The van der Waals surface area contributed by atoms with Crippen molar-refractivity contribution in [2.45, 2.75) is 0 Å². The van der Waals surface area contributed by atoms with Crippen LogP contribution < -0.4 is 10.6 Å².